The average Bonchev–Trinajstić information content (AvgIpc) is 2.49. The second-order valence-corrected chi connectivity index (χ2v) is 7.70. The largest absolute Gasteiger partial charge is 0.492 e. The van der Waals surface area contributed by atoms with E-state index in [0.717, 1.165) is 0 Å². The molecular weight excluding hydrogens is 304 g/mol. The van der Waals surface area contributed by atoms with Crippen molar-refractivity contribution in [3.05, 3.63) is 24.3 Å². The van der Waals surface area contributed by atoms with Gasteiger partial charge < -0.3 is 15.0 Å². The Morgan fingerprint density at radius 2 is 1.95 bits per heavy atom. The van der Waals surface area contributed by atoms with Gasteiger partial charge in [0.15, 0.2) is 0 Å². The standard InChI is InChI=1S/C15H22N2O4S/c1-3-21-14-7-5-4-6-13(14)16-15(18)17-10-8-12(9-11-17)22(2,19)20/h4-7,12H,3,8-11H2,1-2H3,(H,16,18). The van der Waals surface area contributed by atoms with Crippen LogP contribution in [0.5, 0.6) is 5.75 Å². The fourth-order valence-electron chi connectivity index (χ4n) is 2.53. The minimum atomic E-state index is -3.03. The zero-order chi connectivity index (χ0) is 16.2. The molecule has 1 heterocycles. The van der Waals surface area contributed by atoms with Crippen LogP contribution < -0.4 is 10.1 Å². The van der Waals surface area contributed by atoms with Crippen LogP contribution in [-0.4, -0.2) is 50.6 Å². The molecule has 0 saturated carbocycles. The first-order valence-corrected chi connectivity index (χ1v) is 9.34. The molecule has 1 N–H and O–H groups in total. The molecule has 0 aromatic heterocycles. The fraction of sp³-hybridized carbons (Fsp3) is 0.533. The number of hydrogen-bond donors (Lipinski definition) is 1. The predicted octanol–water partition coefficient (Wildman–Crippen LogP) is 2.13. The number of likely N-dealkylation sites (tertiary alicyclic amines) is 1. The molecule has 6 nitrogen and oxygen atoms in total. The third kappa shape index (κ3) is 4.13. The third-order valence-corrected chi connectivity index (χ3v) is 5.45. The molecule has 1 aromatic rings. The molecule has 1 aliphatic heterocycles. The SMILES string of the molecule is CCOc1ccccc1NC(=O)N1CCC(S(C)(=O)=O)CC1. The molecule has 2 rings (SSSR count). The summed E-state index contributed by atoms with van der Waals surface area (Å²) in [6.45, 7) is 3.29. The third-order valence-electron chi connectivity index (χ3n) is 3.76. The Labute approximate surface area is 131 Å². The van der Waals surface area contributed by atoms with Crippen molar-refractivity contribution in [2.24, 2.45) is 0 Å². The maximum absolute atomic E-state index is 12.3. The molecule has 0 unspecified atom stereocenters. The van der Waals surface area contributed by atoms with Crippen LogP contribution in [0.15, 0.2) is 24.3 Å². The van der Waals surface area contributed by atoms with Gasteiger partial charge in [-0.25, -0.2) is 13.2 Å². The van der Waals surface area contributed by atoms with Crippen molar-refractivity contribution in [3.8, 4) is 5.75 Å². The summed E-state index contributed by atoms with van der Waals surface area (Å²) < 4.78 is 28.5. The van der Waals surface area contributed by atoms with E-state index < -0.39 is 9.84 Å². The zero-order valence-corrected chi connectivity index (χ0v) is 13.7. The van der Waals surface area contributed by atoms with E-state index in [0.29, 0.717) is 44.0 Å². The average molecular weight is 326 g/mol. The molecule has 22 heavy (non-hydrogen) atoms. The molecular formula is C15H22N2O4S. The van der Waals surface area contributed by atoms with Gasteiger partial charge in [0, 0.05) is 19.3 Å². The quantitative estimate of drug-likeness (QED) is 0.919. The highest BCUT2D eigenvalue weighted by Crippen LogP contribution is 2.25. The van der Waals surface area contributed by atoms with Crippen molar-refractivity contribution >= 4 is 21.6 Å². The topological polar surface area (TPSA) is 75.7 Å². The van der Waals surface area contributed by atoms with Crippen molar-refractivity contribution in [2.75, 3.05) is 31.3 Å². The molecule has 0 radical (unpaired) electrons. The number of anilines is 1. The van der Waals surface area contributed by atoms with Crippen LogP contribution in [0.3, 0.4) is 0 Å². The van der Waals surface area contributed by atoms with E-state index in [2.05, 4.69) is 5.32 Å². The first kappa shape index (κ1) is 16.6. The van der Waals surface area contributed by atoms with E-state index in [4.69, 9.17) is 4.74 Å². The van der Waals surface area contributed by atoms with E-state index in [-0.39, 0.29) is 11.3 Å². The molecule has 2 amide bonds. The number of sulfone groups is 1. The molecule has 0 atom stereocenters. The van der Waals surface area contributed by atoms with Gasteiger partial charge in [0.05, 0.1) is 17.5 Å². The number of benzene rings is 1. The van der Waals surface area contributed by atoms with Gasteiger partial charge in [0.2, 0.25) is 0 Å². The number of hydrogen-bond acceptors (Lipinski definition) is 4. The number of urea groups is 1. The van der Waals surface area contributed by atoms with Gasteiger partial charge in [-0.2, -0.15) is 0 Å². The first-order chi connectivity index (χ1) is 10.4. The Hall–Kier alpha value is -1.76. The van der Waals surface area contributed by atoms with Crippen LogP contribution in [0.1, 0.15) is 19.8 Å². The van der Waals surface area contributed by atoms with Gasteiger partial charge in [-0.05, 0) is 31.9 Å². The van der Waals surface area contributed by atoms with E-state index >= 15 is 0 Å². The maximum Gasteiger partial charge on any atom is 0.321 e. The number of carbonyl (C=O) groups excluding carboxylic acids is 1. The van der Waals surface area contributed by atoms with Crippen LogP contribution in [0, 0.1) is 0 Å². The lowest BCUT2D eigenvalue weighted by Crippen LogP contribution is -2.44. The highest BCUT2D eigenvalue weighted by molar-refractivity contribution is 7.91. The number of carbonyl (C=O) groups is 1. The fourth-order valence-corrected chi connectivity index (χ4v) is 3.60. The molecule has 0 spiro atoms. The summed E-state index contributed by atoms with van der Waals surface area (Å²) in [5.41, 5.74) is 0.625. The van der Waals surface area contributed by atoms with Crippen LogP contribution in [0.4, 0.5) is 10.5 Å². The van der Waals surface area contributed by atoms with Crippen molar-refractivity contribution in [1.29, 1.82) is 0 Å². The highest BCUT2D eigenvalue weighted by Gasteiger charge is 2.28. The molecule has 0 aliphatic carbocycles. The number of ether oxygens (including phenoxy) is 1. The van der Waals surface area contributed by atoms with Crippen molar-refractivity contribution in [2.45, 2.75) is 25.0 Å². The summed E-state index contributed by atoms with van der Waals surface area (Å²) in [5, 5.41) is 2.49. The number of nitrogens with zero attached hydrogens (tertiary/aromatic N) is 1. The van der Waals surface area contributed by atoms with Crippen LogP contribution in [0.25, 0.3) is 0 Å². The molecule has 1 aliphatic rings. The van der Waals surface area contributed by atoms with E-state index in [1.54, 1.807) is 17.0 Å². The first-order valence-electron chi connectivity index (χ1n) is 7.38. The Morgan fingerprint density at radius 3 is 2.55 bits per heavy atom. The second-order valence-electron chi connectivity index (χ2n) is 5.38. The lowest BCUT2D eigenvalue weighted by molar-refractivity contribution is 0.200. The smallest absolute Gasteiger partial charge is 0.321 e. The van der Waals surface area contributed by atoms with Crippen molar-refractivity contribution in [3.63, 3.8) is 0 Å². The predicted molar refractivity (Wildman–Crippen MR) is 86.1 cm³/mol. The summed E-state index contributed by atoms with van der Waals surface area (Å²) in [6.07, 6.45) is 2.23. The molecule has 1 aromatic carbocycles. The molecule has 122 valence electrons. The Bertz CT molecular complexity index is 622. The molecule has 1 saturated heterocycles. The summed E-state index contributed by atoms with van der Waals surface area (Å²) in [6, 6.07) is 7.03. The number of rotatable bonds is 4. The van der Waals surface area contributed by atoms with Gasteiger partial charge in [0.25, 0.3) is 0 Å². The van der Waals surface area contributed by atoms with Gasteiger partial charge in [-0.1, -0.05) is 12.1 Å². The molecule has 7 heteroatoms. The van der Waals surface area contributed by atoms with E-state index in [1.165, 1.54) is 6.26 Å². The monoisotopic (exact) mass is 326 g/mol. The molecule has 0 bridgehead atoms. The zero-order valence-electron chi connectivity index (χ0n) is 12.9. The summed E-state index contributed by atoms with van der Waals surface area (Å²) in [5.74, 6) is 0.629. The number of piperidine rings is 1. The van der Waals surface area contributed by atoms with Crippen LogP contribution in [0.2, 0.25) is 0 Å². The van der Waals surface area contributed by atoms with E-state index in [9.17, 15) is 13.2 Å². The van der Waals surface area contributed by atoms with Gasteiger partial charge in [0.1, 0.15) is 15.6 Å². The minimum Gasteiger partial charge on any atom is -0.492 e. The van der Waals surface area contributed by atoms with Crippen molar-refractivity contribution in [1.82, 2.24) is 4.90 Å². The van der Waals surface area contributed by atoms with Crippen LogP contribution in [-0.2, 0) is 9.84 Å². The Balaban J connectivity index is 1.97. The van der Waals surface area contributed by atoms with Crippen molar-refractivity contribution < 1.29 is 17.9 Å². The number of amides is 2. The second kappa shape index (κ2) is 7.00. The molecule has 1 fully saturated rings. The van der Waals surface area contributed by atoms with E-state index in [1.807, 2.05) is 19.1 Å². The lowest BCUT2D eigenvalue weighted by atomic mass is 10.1. The number of nitrogens with one attached hydrogen (secondary N) is 1. The minimum absolute atomic E-state index is 0.223. The Morgan fingerprint density at radius 1 is 1.32 bits per heavy atom. The number of para-hydroxylation sites is 2. The summed E-state index contributed by atoms with van der Waals surface area (Å²) >= 11 is 0. The highest BCUT2D eigenvalue weighted by atomic mass is 32.2. The normalized spacial score (nSPS) is 16.4. The van der Waals surface area contributed by atoms with Gasteiger partial charge in [-0.3, -0.25) is 0 Å². The van der Waals surface area contributed by atoms with Crippen LogP contribution >= 0.6 is 0 Å². The lowest BCUT2D eigenvalue weighted by Gasteiger charge is -2.31. The maximum atomic E-state index is 12.3. The van der Waals surface area contributed by atoms with Gasteiger partial charge in [-0.15, -0.1) is 0 Å². The summed E-state index contributed by atoms with van der Waals surface area (Å²) in [4.78, 5) is 13.9. The van der Waals surface area contributed by atoms with Gasteiger partial charge >= 0.3 is 6.03 Å². The Kier molecular flexibility index (Phi) is 5.28. The summed E-state index contributed by atoms with van der Waals surface area (Å²) in [7, 11) is -3.03.